The zero-order chi connectivity index (χ0) is 15.0. The van der Waals surface area contributed by atoms with Crippen LogP contribution < -0.4 is 10.6 Å². The maximum Gasteiger partial charge on any atom is 0.326 e. The Balaban J connectivity index is 2.32. The van der Waals surface area contributed by atoms with Crippen molar-refractivity contribution in [3.8, 4) is 0 Å². The summed E-state index contributed by atoms with van der Waals surface area (Å²) in [5, 5.41) is 14.3. The van der Waals surface area contributed by atoms with Gasteiger partial charge >= 0.3 is 12.0 Å². The molecule has 0 radical (unpaired) electrons. The molecule has 3 N–H and O–H groups in total. The van der Waals surface area contributed by atoms with Crippen molar-refractivity contribution in [1.29, 1.82) is 0 Å². The van der Waals surface area contributed by atoms with Crippen LogP contribution in [-0.2, 0) is 9.53 Å². The Kier molecular flexibility index (Phi) is 7.36. The van der Waals surface area contributed by atoms with E-state index in [-0.39, 0.29) is 6.10 Å². The maximum atomic E-state index is 11.7. The highest BCUT2D eigenvalue weighted by Crippen LogP contribution is 2.22. The molecule has 1 fully saturated rings. The van der Waals surface area contributed by atoms with E-state index in [0.29, 0.717) is 18.9 Å². The molecule has 0 bridgehead atoms. The lowest BCUT2D eigenvalue weighted by Gasteiger charge is -2.19. The van der Waals surface area contributed by atoms with Gasteiger partial charge in [-0.1, -0.05) is 26.7 Å². The molecule has 0 aromatic rings. The number of urea groups is 1. The predicted octanol–water partition coefficient (Wildman–Crippen LogP) is 1.74. The Morgan fingerprint density at radius 2 is 2.15 bits per heavy atom. The zero-order valence-electron chi connectivity index (χ0n) is 12.4. The van der Waals surface area contributed by atoms with E-state index in [1.165, 1.54) is 0 Å². The van der Waals surface area contributed by atoms with Crippen LogP contribution in [0.25, 0.3) is 0 Å². The first-order valence-corrected chi connectivity index (χ1v) is 7.47. The molecular weight excluding hydrogens is 260 g/mol. The van der Waals surface area contributed by atoms with Crippen molar-refractivity contribution in [2.75, 3.05) is 13.2 Å². The van der Waals surface area contributed by atoms with Crippen LogP contribution in [0.2, 0.25) is 0 Å². The summed E-state index contributed by atoms with van der Waals surface area (Å²) in [5.41, 5.74) is 0. The van der Waals surface area contributed by atoms with Crippen LogP contribution in [0.15, 0.2) is 0 Å². The van der Waals surface area contributed by atoms with Crippen LogP contribution in [0.1, 0.15) is 46.0 Å². The Bertz CT molecular complexity index is 322. The second kappa shape index (κ2) is 8.79. The normalized spacial score (nSPS) is 23.3. The number of rotatable bonds is 8. The summed E-state index contributed by atoms with van der Waals surface area (Å²) in [5.74, 6) is -0.658. The van der Waals surface area contributed by atoms with Crippen LogP contribution in [0, 0.1) is 5.92 Å². The molecule has 1 heterocycles. The Hall–Kier alpha value is -1.30. The number of hydrogen-bond donors (Lipinski definition) is 3. The number of nitrogens with one attached hydrogen (secondary N) is 2. The van der Waals surface area contributed by atoms with Crippen molar-refractivity contribution >= 4 is 12.0 Å². The third kappa shape index (κ3) is 5.36. The standard InChI is InChI=1S/C14H26N2O4/c1-3-5-6-11(13(17)18)16-14(19)15-9-10-7-8-20-12(10)4-2/h10-12H,3-9H2,1-2H3,(H,17,18)(H2,15,16,19). The minimum atomic E-state index is -0.982. The van der Waals surface area contributed by atoms with Crippen molar-refractivity contribution in [2.24, 2.45) is 5.92 Å². The SMILES string of the molecule is CCCCC(NC(=O)NCC1CCOC1CC)C(=O)O. The highest BCUT2D eigenvalue weighted by atomic mass is 16.5. The average Bonchev–Trinajstić information content (AvgIpc) is 2.88. The lowest BCUT2D eigenvalue weighted by Crippen LogP contribution is -2.47. The van der Waals surface area contributed by atoms with Crippen LogP contribution in [-0.4, -0.2) is 42.4 Å². The molecule has 3 unspecified atom stereocenters. The van der Waals surface area contributed by atoms with Gasteiger partial charge in [0.2, 0.25) is 0 Å². The second-order valence-corrected chi connectivity index (χ2v) is 5.25. The maximum absolute atomic E-state index is 11.7. The third-order valence-corrected chi connectivity index (χ3v) is 3.72. The summed E-state index contributed by atoms with van der Waals surface area (Å²) in [6.45, 7) is 5.32. The summed E-state index contributed by atoms with van der Waals surface area (Å²) in [7, 11) is 0. The van der Waals surface area contributed by atoms with Crippen LogP contribution in [0.3, 0.4) is 0 Å². The fourth-order valence-electron chi connectivity index (χ4n) is 2.48. The lowest BCUT2D eigenvalue weighted by molar-refractivity contribution is -0.139. The molecule has 3 atom stereocenters. The highest BCUT2D eigenvalue weighted by Gasteiger charge is 2.27. The van der Waals surface area contributed by atoms with Gasteiger partial charge < -0.3 is 20.5 Å². The molecule has 0 aromatic heterocycles. The van der Waals surface area contributed by atoms with Gasteiger partial charge in [0.1, 0.15) is 6.04 Å². The van der Waals surface area contributed by atoms with Crippen LogP contribution >= 0.6 is 0 Å². The molecule has 1 rings (SSSR count). The van der Waals surface area contributed by atoms with Gasteiger partial charge in [-0.15, -0.1) is 0 Å². The van der Waals surface area contributed by atoms with Gasteiger partial charge in [0.05, 0.1) is 6.10 Å². The van der Waals surface area contributed by atoms with Crippen molar-refractivity contribution in [3.63, 3.8) is 0 Å². The number of ether oxygens (including phenoxy) is 1. The van der Waals surface area contributed by atoms with E-state index in [1.807, 2.05) is 6.92 Å². The van der Waals surface area contributed by atoms with Gasteiger partial charge in [-0.2, -0.15) is 0 Å². The summed E-state index contributed by atoms with van der Waals surface area (Å²) in [6.07, 6.45) is 4.23. The number of hydrogen-bond acceptors (Lipinski definition) is 3. The molecule has 0 saturated carbocycles. The smallest absolute Gasteiger partial charge is 0.326 e. The lowest BCUT2D eigenvalue weighted by atomic mass is 10.00. The summed E-state index contributed by atoms with van der Waals surface area (Å²) in [6, 6.07) is -1.22. The van der Waals surface area contributed by atoms with E-state index < -0.39 is 18.0 Å². The number of carbonyl (C=O) groups is 2. The van der Waals surface area contributed by atoms with Crippen LogP contribution in [0.5, 0.6) is 0 Å². The van der Waals surface area contributed by atoms with Crippen LogP contribution in [0.4, 0.5) is 4.79 Å². The van der Waals surface area contributed by atoms with Gasteiger partial charge in [-0.3, -0.25) is 0 Å². The van der Waals surface area contributed by atoms with Crippen molar-refractivity contribution < 1.29 is 19.4 Å². The topological polar surface area (TPSA) is 87.7 Å². The van der Waals surface area contributed by atoms with Crippen molar-refractivity contribution in [3.05, 3.63) is 0 Å². The first kappa shape index (κ1) is 16.8. The third-order valence-electron chi connectivity index (χ3n) is 3.72. The summed E-state index contributed by atoms with van der Waals surface area (Å²) < 4.78 is 5.55. The van der Waals surface area contributed by atoms with E-state index in [9.17, 15) is 9.59 Å². The van der Waals surface area contributed by atoms with Crippen molar-refractivity contribution in [1.82, 2.24) is 10.6 Å². The first-order valence-electron chi connectivity index (χ1n) is 7.47. The molecule has 20 heavy (non-hydrogen) atoms. The van der Waals surface area contributed by atoms with Gasteiger partial charge in [0, 0.05) is 19.1 Å². The van der Waals surface area contributed by atoms with E-state index >= 15 is 0 Å². The minimum absolute atomic E-state index is 0.200. The summed E-state index contributed by atoms with van der Waals surface area (Å²) in [4.78, 5) is 22.8. The van der Waals surface area contributed by atoms with Crippen molar-refractivity contribution in [2.45, 2.75) is 58.1 Å². The Morgan fingerprint density at radius 3 is 2.75 bits per heavy atom. The monoisotopic (exact) mass is 286 g/mol. The van der Waals surface area contributed by atoms with E-state index in [0.717, 1.165) is 32.3 Å². The predicted molar refractivity (Wildman–Crippen MR) is 75.6 cm³/mol. The minimum Gasteiger partial charge on any atom is -0.480 e. The fraction of sp³-hybridized carbons (Fsp3) is 0.857. The quantitative estimate of drug-likeness (QED) is 0.634. The Labute approximate surface area is 120 Å². The molecule has 116 valence electrons. The molecule has 1 saturated heterocycles. The van der Waals surface area contributed by atoms with Gasteiger partial charge in [-0.25, -0.2) is 9.59 Å². The number of aliphatic carboxylic acids is 1. The number of carboxylic acid groups (broad SMARTS) is 1. The molecule has 0 aromatic carbocycles. The van der Waals surface area contributed by atoms with E-state index in [1.54, 1.807) is 0 Å². The van der Waals surface area contributed by atoms with E-state index in [2.05, 4.69) is 17.6 Å². The molecular formula is C14H26N2O4. The number of carboxylic acids is 1. The largest absolute Gasteiger partial charge is 0.480 e. The zero-order valence-corrected chi connectivity index (χ0v) is 12.4. The van der Waals surface area contributed by atoms with E-state index in [4.69, 9.17) is 9.84 Å². The molecule has 2 amide bonds. The second-order valence-electron chi connectivity index (χ2n) is 5.25. The van der Waals surface area contributed by atoms with Gasteiger partial charge in [-0.05, 0) is 19.3 Å². The average molecular weight is 286 g/mol. The Morgan fingerprint density at radius 1 is 1.40 bits per heavy atom. The number of carbonyl (C=O) groups excluding carboxylic acids is 1. The molecule has 1 aliphatic rings. The van der Waals surface area contributed by atoms with Gasteiger partial charge in [0.25, 0.3) is 0 Å². The first-order chi connectivity index (χ1) is 9.58. The molecule has 6 heteroatoms. The highest BCUT2D eigenvalue weighted by molar-refractivity contribution is 5.82. The molecule has 6 nitrogen and oxygen atoms in total. The number of amides is 2. The molecule has 0 spiro atoms. The fourth-order valence-corrected chi connectivity index (χ4v) is 2.48. The summed E-state index contributed by atoms with van der Waals surface area (Å²) >= 11 is 0. The molecule has 0 aliphatic carbocycles. The molecule has 1 aliphatic heterocycles. The number of unbranched alkanes of at least 4 members (excludes halogenated alkanes) is 1. The van der Waals surface area contributed by atoms with Gasteiger partial charge in [0.15, 0.2) is 0 Å².